The number of fused-ring (bicyclic) bond motifs is 1. The molecule has 0 bridgehead atoms. The Kier molecular flexibility index (Phi) is 1.67. The number of terminal acetylenes is 1. The molecule has 0 saturated carbocycles. The molecule has 2 rings (SSSR count). The molecule has 3 heteroatoms. The summed E-state index contributed by atoms with van der Waals surface area (Å²) in [5, 5.41) is 14.2. The molecule has 0 aliphatic carbocycles. The van der Waals surface area contributed by atoms with Crippen molar-refractivity contribution in [2.24, 2.45) is 0 Å². The van der Waals surface area contributed by atoms with E-state index < -0.39 is 0 Å². The fourth-order valence-electron chi connectivity index (χ4n) is 1.29. The Bertz CT molecular complexity index is 479. The normalized spacial score (nSPS) is 10.1. The highest BCUT2D eigenvalue weighted by Crippen LogP contribution is 2.18. The fourth-order valence-corrected chi connectivity index (χ4v) is 1.29. The van der Waals surface area contributed by atoms with Crippen molar-refractivity contribution in [3.05, 3.63) is 24.4 Å². The molecule has 13 heavy (non-hydrogen) atoms. The van der Waals surface area contributed by atoms with Crippen LogP contribution in [0.15, 0.2) is 24.4 Å². The molecule has 1 heterocycles. The van der Waals surface area contributed by atoms with Gasteiger partial charge in [0.1, 0.15) is 12.3 Å². The zero-order valence-electron chi connectivity index (χ0n) is 6.94. The van der Waals surface area contributed by atoms with Crippen LogP contribution >= 0.6 is 0 Å². The van der Waals surface area contributed by atoms with Gasteiger partial charge in [-0.3, -0.25) is 4.68 Å². The van der Waals surface area contributed by atoms with Crippen molar-refractivity contribution in [3.63, 3.8) is 0 Å². The molecule has 1 N–H and O–H groups in total. The van der Waals surface area contributed by atoms with E-state index in [9.17, 15) is 5.11 Å². The Hall–Kier alpha value is -1.95. The predicted molar refractivity (Wildman–Crippen MR) is 50.2 cm³/mol. The zero-order chi connectivity index (χ0) is 9.26. The summed E-state index contributed by atoms with van der Waals surface area (Å²) in [5.74, 6) is 2.76. The van der Waals surface area contributed by atoms with E-state index in [0.717, 1.165) is 10.9 Å². The van der Waals surface area contributed by atoms with Crippen LogP contribution in [0, 0.1) is 12.3 Å². The van der Waals surface area contributed by atoms with E-state index >= 15 is 0 Å². The van der Waals surface area contributed by atoms with Gasteiger partial charge in [0.15, 0.2) is 0 Å². The largest absolute Gasteiger partial charge is 0.508 e. The quantitative estimate of drug-likeness (QED) is 0.660. The predicted octanol–water partition coefficient (Wildman–Crippen LogP) is 1.38. The Labute approximate surface area is 75.6 Å². The van der Waals surface area contributed by atoms with Gasteiger partial charge in [-0.05, 0) is 18.2 Å². The maximum absolute atomic E-state index is 9.19. The highest BCUT2D eigenvalue weighted by molar-refractivity contribution is 5.80. The van der Waals surface area contributed by atoms with Gasteiger partial charge in [-0.15, -0.1) is 6.42 Å². The molecular formula is C10H8N2O. The molecule has 0 aliphatic rings. The van der Waals surface area contributed by atoms with Gasteiger partial charge in [0.25, 0.3) is 0 Å². The van der Waals surface area contributed by atoms with Crippen molar-refractivity contribution in [1.82, 2.24) is 9.78 Å². The lowest BCUT2D eigenvalue weighted by Crippen LogP contribution is -1.96. The minimum absolute atomic E-state index is 0.243. The molecular weight excluding hydrogens is 164 g/mol. The second-order valence-electron chi connectivity index (χ2n) is 2.75. The number of benzene rings is 1. The van der Waals surface area contributed by atoms with Gasteiger partial charge in [-0.25, -0.2) is 0 Å². The molecule has 0 atom stereocenters. The van der Waals surface area contributed by atoms with Crippen molar-refractivity contribution >= 4 is 10.9 Å². The molecule has 0 fully saturated rings. The summed E-state index contributed by atoms with van der Waals surface area (Å²) in [4.78, 5) is 0. The SMILES string of the molecule is C#CCn1ncc2cc(O)ccc21. The molecule has 1 aromatic heterocycles. The van der Waals surface area contributed by atoms with Crippen LogP contribution in [0.1, 0.15) is 0 Å². The van der Waals surface area contributed by atoms with Crippen molar-refractivity contribution in [1.29, 1.82) is 0 Å². The molecule has 64 valence electrons. The van der Waals surface area contributed by atoms with Crippen LogP contribution in [-0.4, -0.2) is 14.9 Å². The summed E-state index contributed by atoms with van der Waals surface area (Å²) < 4.78 is 1.72. The highest BCUT2D eigenvalue weighted by atomic mass is 16.3. The minimum Gasteiger partial charge on any atom is -0.508 e. The summed E-state index contributed by atoms with van der Waals surface area (Å²) in [7, 11) is 0. The summed E-state index contributed by atoms with van der Waals surface area (Å²) in [6.07, 6.45) is 6.87. The Morgan fingerprint density at radius 1 is 1.54 bits per heavy atom. The van der Waals surface area contributed by atoms with E-state index in [4.69, 9.17) is 6.42 Å². The summed E-state index contributed by atoms with van der Waals surface area (Å²) in [6, 6.07) is 5.08. The van der Waals surface area contributed by atoms with Crippen molar-refractivity contribution in [3.8, 4) is 18.1 Å². The average molecular weight is 172 g/mol. The molecule has 0 aliphatic heterocycles. The van der Waals surface area contributed by atoms with E-state index in [2.05, 4.69) is 11.0 Å². The minimum atomic E-state index is 0.243. The number of aromatic nitrogens is 2. The van der Waals surface area contributed by atoms with Crippen LogP contribution in [0.25, 0.3) is 10.9 Å². The fraction of sp³-hybridized carbons (Fsp3) is 0.100. The zero-order valence-corrected chi connectivity index (χ0v) is 6.94. The third-order valence-corrected chi connectivity index (χ3v) is 1.87. The van der Waals surface area contributed by atoms with Crippen LogP contribution in [0.2, 0.25) is 0 Å². The molecule has 0 radical (unpaired) electrons. The lowest BCUT2D eigenvalue weighted by atomic mass is 10.2. The van der Waals surface area contributed by atoms with Crippen molar-refractivity contribution in [2.75, 3.05) is 0 Å². The van der Waals surface area contributed by atoms with Gasteiger partial charge in [-0.2, -0.15) is 5.10 Å². The highest BCUT2D eigenvalue weighted by Gasteiger charge is 2.00. The summed E-state index contributed by atoms with van der Waals surface area (Å²) in [5.41, 5.74) is 0.941. The van der Waals surface area contributed by atoms with Crippen LogP contribution in [0.4, 0.5) is 0 Å². The maximum Gasteiger partial charge on any atom is 0.116 e. The number of hydrogen-bond donors (Lipinski definition) is 1. The first-order valence-corrected chi connectivity index (χ1v) is 3.89. The third kappa shape index (κ3) is 1.23. The van der Waals surface area contributed by atoms with Crippen LogP contribution in [0.3, 0.4) is 0 Å². The number of phenols is 1. The molecule has 0 amide bonds. The van der Waals surface area contributed by atoms with E-state index in [1.165, 1.54) is 0 Å². The van der Waals surface area contributed by atoms with Gasteiger partial charge in [0, 0.05) is 5.39 Å². The molecule has 0 unspecified atom stereocenters. The second-order valence-corrected chi connectivity index (χ2v) is 2.75. The first-order valence-electron chi connectivity index (χ1n) is 3.89. The van der Waals surface area contributed by atoms with E-state index in [1.54, 1.807) is 29.1 Å². The first-order chi connectivity index (χ1) is 6.31. The standard InChI is InChI=1S/C10H8N2O/c1-2-5-12-10-4-3-9(13)6-8(10)7-11-12/h1,3-4,6-7,13H,5H2. The monoisotopic (exact) mass is 172 g/mol. The molecule has 0 spiro atoms. The second kappa shape index (κ2) is 2.83. The van der Waals surface area contributed by atoms with Gasteiger partial charge in [0.05, 0.1) is 11.7 Å². The molecule has 2 aromatic rings. The number of aromatic hydroxyl groups is 1. The number of phenolic OH excluding ortho intramolecular Hbond substituents is 1. The third-order valence-electron chi connectivity index (χ3n) is 1.87. The molecule has 1 aromatic carbocycles. The Morgan fingerprint density at radius 3 is 3.15 bits per heavy atom. The van der Waals surface area contributed by atoms with Gasteiger partial charge >= 0.3 is 0 Å². The molecule has 3 nitrogen and oxygen atoms in total. The number of nitrogens with zero attached hydrogens (tertiary/aromatic N) is 2. The Balaban J connectivity index is 2.63. The van der Waals surface area contributed by atoms with Gasteiger partial charge < -0.3 is 5.11 Å². The van der Waals surface area contributed by atoms with E-state index in [1.807, 2.05) is 0 Å². The lowest BCUT2D eigenvalue weighted by Gasteiger charge is -1.96. The van der Waals surface area contributed by atoms with Crippen LogP contribution in [-0.2, 0) is 6.54 Å². The lowest BCUT2D eigenvalue weighted by molar-refractivity contribution is 0.476. The Morgan fingerprint density at radius 2 is 2.38 bits per heavy atom. The summed E-state index contributed by atoms with van der Waals surface area (Å²) in [6.45, 7) is 0.453. The van der Waals surface area contributed by atoms with Crippen molar-refractivity contribution < 1.29 is 5.11 Å². The topological polar surface area (TPSA) is 38.0 Å². The van der Waals surface area contributed by atoms with Crippen LogP contribution < -0.4 is 0 Å². The number of rotatable bonds is 1. The maximum atomic E-state index is 9.19. The van der Waals surface area contributed by atoms with E-state index in [0.29, 0.717) is 6.54 Å². The van der Waals surface area contributed by atoms with E-state index in [-0.39, 0.29) is 5.75 Å². The molecule has 0 saturated heterocycles. The smallest absolute Gasteiger partial charge is 0.116 e. The first kappa shape index (κ1) is 7.69. The van der Waals surface area contributed by atoms with Crippen LogP contribution in [0.5, 0.6) is 5.75 Å². The van der Waals surface area contributed by atoms with Crippen molar-refractivity contribution in [2.45, 2.75) is 6.54 Å². The summed E-state index contributed by atoms with van der Waals surface area (Å²) >= 11 is 0. The van der Waals surface area contributed by atoms with Gasteiger partial charge in [0.2, 0.25) is 0 Å². The average Bonchev–Trinajstić information content (AvgIpc) is 2.49. The van der Waals surface area contributed by atoms with Gasteiger partial charge in [-0.1, -0.05) is 5.92 Å². The number of hydrogen-bond acceptors (Lipinski definition) is 2.